The third-order valence-electron chi connectivity index (χ3n) is 4.65. The summed E-state index contributed by atoms with van der Waals surface area (Å²) < 4.78 is 5.39. The van der Waals surface area contributed by atoms with Crippen LogP contribution in [-0.4, -0.2) is 81.8 Å². The highest BCUT2D eigenvalue weighted by Crippen LogP contribution is 2.03. The van der Waals surface area contributed by atoms with Crippen molar-refractivity contribution in [2.24, 2.45) is 4.99 Å². The van der Waals surface area contributed by atoms with Crippen molar-refractivity contribution in [3.05, 3.63) is 35.9 Å². The molecule has 1 heterocycles. The molecule has 1 aromatic carbocycles. The molecule has 0 atom stereocenters. The summed E-state index contributed by atoms with van der Waals surface area (Å²) in [6.07, 6.45) is 2.19. The van der Waals surface area contributed by atoms with Crippen LogP contribution in [0.3, 0.4) is 0 Å². The van der Waals surface area contributed by atoms with Gasteiger partial charge in [-0.2, -0.15) is 0 Å². The lowest BCUT2D eigenvalue weighted by atomic mass is 10.2. The van der Waals surface area contributed by atoms with Crippen molar-refractivity contribution in [2.75, 3.05) is 66.1 Å². The van der Waals surface area contributed by atoms with Crippen LogP contribution in [0.2, 0.25) is 0 Å². The summed E-state index contributed by atoms with van der Waals surface area (Å²) in [4.78, 5) is 9.54. The lowest BCUT2D eigenvalue weighted by Crippen LogP contribution is -2.40. The maximum atomic E-state index is 5.39. The molecule has 152 valence electrons. The number of rotatable bonds is 11. The second-order valence-electron chi connectivity index (χ2n) is 7.07. The molecule has 1 aromatic rings. The minimum absolute atomic E-state index is 0.845. The van der Waals surface area contributed by atoms with E-state index in [4.69, 9.17) is 9.73 Å². The van der Waals surface area contributed by atoms with E-state index < -0.39 is 0 Å². The number of morpholine rings is 1. The van der Waals surface area contributed by atoms with Crippen molar-refractivity contribution >= 4 is 5.96 Å². The van der Waals surface area contributed by atoms with Crippen LogP contribution in [0.5, 0.6) is 0 Å². The number of nitrogens with zero attached hydrogens (tertiary/aromatic N) is 3. The smallest absolute Gasteiger partial charge is 0.191 e. The molecule has 0 radical (unpaired) electrons. The number of aliphatic imine (C=N–C) groups is 1. The maximum absolute atomic E-state index is 5.39. The van der Waals surface area contributed by atoms with Crippen molar-refractivity contribution in [3.63, 3.8) is 0 Å². The van der Waals surface area contributed by atoms with Gasteiger partial charge in [0.15, 0.2) is 5.96 Å². The number of ether oxygens (including phenoxy) is 1. The molecule has 0 amide bonds. The molecule has 27 heavy (non-hydrogen) atoms. The van der Waals surface area contributed by atoms with E-state index in [1.807, 2.05) is 0 Å². The topological polar surface area (TPSA) is 52.1 Å². The molecule has 6 heteroatoms. The average molecular weight is 376 g/mol. The predicted molar refractivity (Wildman–Crippen MR) is 113 cm³/mol. The van der Waals surface area contributed by atoms with Gasteiger partial charge >= 0.3 is 0 Å². The molecular formula is C21H37N5O. The SMILES string of the molecule is CCNC(=NCCCN(C)Cc1ccccc1)NCCCN1CCOCC1. The van der Waals surface area contributed by atoms with Gasteiger partial charge in [-0.05, 0) is 45.5 Å². The first-order chi connectivity index (χ1) is 13.3. The molecule has 2 N–H and O–H groups in total. The number of guanidine groups is 1. The molecule has 1 saturated heterocycles. The number of hydrogen-bond acceptors (Lipinski definition) is 4. The lowest BCUT2D eigenvalue weighted by Gasteiger charge is -2.26. The first-order valence-corrected chi connectivity index (χ1v) is 10.3. The molecule has 0 bridgehead atoms. The van der Waals surface area contributed by atoms with Crippen LogP contribution in [0.25, 0.3) is 0 Å². The highest BCUT2D eigenvalue weighted by atomic mass is 16.5. The fourth-order valence-electron chi connectivity index (χ4n) is 3.18. The van der Waals surface area contributed by atoms with Crippen molar-refractivity contribution in [3.8, 4) is 0 Å². The van der Waals surface area contributed by atoms with E-state index in [0.29, 0.717) is 0 Å². The Hall–Kier alpha value is -1.63. The summed E-state index contributed by atoms with van der Waals surface area (Å²) in [5.74, 6) is 0.935. The van der Waals surface area contributed by atoms with E-state index in [2.05, 4.69) is 64.7 Å². The Balaban J connectivity index is 1.59. The first kappa shape index (κ1) is 21.7. The molecule has 1 aliphatic rings. The van der Waals surface area contributed by atoms with Crippen LogP contribution in [0.15, 0.2) is 35.3 Å². The Bertz CT molecular complexity index is 517. The standard InChI is InChI=1S/C21H37N5O/c1-3-22-21(24-12-8-14-26-15-17-27-18-16-26)23-11-7-13-25(2)19-20-9-5-4-6-10-20/h4-6,9-10H,3,7-8,11-19H2,1-2H3,(H2,22,23,24). The van der Waals surface area contributed by atoms with Crippen LogP contribution in [0, 0.1) is 0 Å². The monoisotopic (exact) mass is 375 g/mol. The van der Waals surface area contributed by atoms with E-state index >= 15 is 0 Å². The second kappa shape index (κ2) is 13.5. The molecular weight excluding hydrogens is 338 g/mol. The Kier molecular flexibility index (Phi) is 10.9. The van der Waals surface area contributed by atoms with Crippen LogP contribution < -0.4 is 10.6 Å². The Morgan fingerprint density at radius 1 is 1.15 bits per heavy atom. The zero-order valence-electron chi connectivity index (χ0n) is 17.1. The van der Waals surface area contributed by atoms with Crippen molar-refractivity contribution in [1.82, 2.24) is 20.4 Å². The normalized spacial score (nSPS) is 15.9. The van der Waals surface area contributed by atoms with E-state index in [9.17, 15) is 0 Å². The first-order valence-electron chi connectivity index (χ1n) is 10.3. The van der Waals surface area contributed by atoms with E-state index in [1.54, 1.807) is 0 Å². The minimum Gasteiger partial charge on any atom is -0.379 e. The van der Waals surface area contributed by atoms with Crippen LogP contribution in [-0.2, 0) is 11.3 Å². The second-order valence-corrected chi connectivity index (χ2v) is 7.07. The van der Waals surface area contributed by atoms with Gasteiger partial charge in [0.2, 0.25) is 0 Å². The van der Waals surface area contributed by atoms with E-state index in [0.717, 1.165) is 84.4 Å². The third kappa shape index (κ3) is 9.75. The molecule has 6 nitrogen and oxygen atoms in total. The van der Waals surface area contributed by atoms with Crippen LogP contribution >= 0.6 is 0 Å². The molecule has 1 fully saturated rings. The van der Waals surface area contributed by atoms with Crippen LogP contribution in [0.1, 0.15) is 25.3 Å². The van der Waals surface area contributed by atoms with Gasteiger partial charge in [-0.3, -0.25) is 9.89 Å². The predicted octanol–water partition coefficient (Wildman–Crippen LogP) is 1.79. The van der Waals surface area contributed by atoms with Gasteiger partial charge in [-0.1, -0.05) is 30.3 Å². The Labute approximate surface area is 165 Å². The highest BCUT2D eigenvalue weighted by molar-refractivity contribution is 5.79. The minimum atomic E-state index is 0.845. The number of hydrogen-bond donors (Lipinski definition) is 2. The Morgan fingerprint density at radius 2 is 1.93 bits per heavy atom. The fraction of sp³-hybridized carbons (Fsp3) is 0.667. The zero-order chi connectivity index (χ0) is 19.2. The average Bonchev–Trinajstić information content (AvgIpc) is 2.70. The fourth-order valence-corrected chi connectivity index (χ4v) is 3.18. The van der Waals surface area contributed by atoms with E-state index in [-0.39, 0.29) is 0 Å². The third-order valence-corrected chi connectivity index (χ3v) is 4.65. The summed E-state index contributed by atoms with van der Waals surface area (Å²) in [6, 6.07) is 10.6. The van der Waals surface area contributed by atoms with Crippen molar-refractivity contribution < 1.29 is 4.74 Å². The van der Waals surface area contributed by atoms with Gasteiger partial charge in [-0.15, -0.1) is 0 Å². The van der Waals surface area contributed by atoms with Gasteiger partial charge in [0, 0.05) is 39.3 Å². The van der Waals surface area contributed by atoms with Gasteiger partial charge in [0.25, 0.3) is 0 Å². The van der Waals surface area contributed by atoms with Gasteiger partial charge in [-0.25, -0.2) is 0 Å². The molecule has 1 aliphatic heterocycles. The Morgan fingerprint density at radius 3 is 2.67 bits per heavy atom. The molecule has 0 unspecified atom stereocenters. The van der Waals surface area contributed by atoms with Gasteiger partial charge in [0.1, 0.15) is 0 Å². The van der Waals surface area contributed by atoms with Crippen LogP contribution in [0.4, 0.5) is 0 Å². The lowest BCUT2D eigenvalue weighted by molar-refractivity contribution is 0.0376. The quantitative estimate of drug-likeness (QED) is 0.351. The van der Waals surface area contributed by atoms with Gasteiger partial charge in [0.05, 0.1) is 13.2 Å². The molecule has 0 aliphatic carbocycles. The summed E-state index contributed by atoms with van der Waals surface area (Å²) >= 11 is 0. The number of benzene rings is 1. The molecule has 0 spiro atoms. The summed E-state index contributed by atoms with van der Waals surface area (Å²) in [7, 11) is 2.17. The largest absolute Gasteiger partial charge is 0.379 e. The number of nitrogens with one attached hydrogen (secondary N) is 2. The molecule has 0 aromatic heterocycles. The van der Waals surface area contributed by atoms with Gasteiger partial charge < -0.3 is 20.3 Å². The highest BCUT2D eigenvalue weighted by Gasteiger charge is 2.09. The zero-order valence-corrected chi connectivity index (χ0v) is 17.1. The summed E-state index contributed by atoms with van der Waals surface area (Å²) in [5.41, 5.74) is 1.36. The van der Waals surface area contributed by atoms with Crippen molar-refractivity contribution in [2.45, 2.75) is 26.3 Å². The summed E-state index contributed by atoms with van der Waals surface area (Å²) in [6.45, 7) is 11.8. The molecule has 0 saturated carbocycles. The van der Waals surface area contributed by atoms with E-state index in [1.165, 1.54) is 5.56 Å². The van der Waals surface area contributed by atoms with Crippen molar-refractivity contribution in [1.29, 1.82) is 0 Å². The molecule has 2 rings (SSSR count). The maximum Gasteiger partial charge on any atom is 0.191 e. The summed E-state index contributed by atoms with van der Waals surface area (Å²) in [5, 5.41) is 6.80.